The predicted octanol–water partition coefficient (Wildman–Crippen LogP) is 1.13. The normalized spacial score (nSPS) is 10.8. The van der Waals surface area contributed by atoms with Gasteiger partial charge in [0.2, 0.25) is 5.91 Å². The van der Waals surface area contributed by atoms with Gasteiger partial charge in [0.25, 0.3) is 0 Å². The number of hydrogen-bond acceptors (Lipinski definition) is 2. The van der Waals surface area contributed by atoms with Crippen LogP contribution >= 0.6 is 0 Å². The highest BCUT2D eigenvalue weighted by molar-refractivity contribution is 5.84. The van der Waals surface area contributed by atoms with E-state index in [1.54, 1.807) is 13.1 Å². The predicted molar refractivity (Wildman–Crippen MR) is 53.9 cm³/mol. The first-order valence-electron chi connectivity index (χ1n) is 4.39. The van der Waals surface area contributed by atoms with Crippen molar-refractivity contribution in [2.75, 3.05) is 13.6 Å². The lowest BCUT2D eigenvalue weighted by molar-refractivity contribution is -0.151. The van der Waals surface area contributed by atoms with Gasteiger partial charge < -0.3 is 10.0 Å². The van der Waals surface area contributed by atoms with Gasteiger partial charge in [-0.2, -0.15) is 0 Å². The monoisotopic (exact) mass is 199 g/mol. The summed E-state index contributed by atoms with van der Waals surface area (Å²) in [7, 11) is 1.63. The largest absolute Gasteiger partial charge is 0.481 e. The van der Waals surface area contributed by atoms with Gasteiger partial charge in [-0.3, -0.25) is 9.59 Å². The van der Waals surface area contributed by atoms with Crippen LogP contribution in [-0.4, -0.2) is 35.5 Å². The molecule has 14 heavy (non-hydrogen) atoms. The fourth-order valence-electron chi connectivity index (χ4n) is 0.884. The number of aliphatic carboxylic acids is 1. The van der Waals surface area contributed by atoms with Crippen LogP contribution in [-0.2, 0) is 9.59 Å². The average molecular weight is 199 g/mol. The van der Waals surface area contributed by atoms with Gasteiger partial charge in [0, 0.05) is 20.0 Å². The highest BCUT2D eigenvalue weighted by Crippen LogP contribution is 2.21. The van der Waals surface area contributed by atoms with E-state index in [1.165, 1.54) is 18.7 Å². The Hall–Kier alpha value is -1.32. The van der Waals surface area contributed by atoms with E-state index in [0.717, 1.165) is 0 Å². The summed E-state index contributed by atoms with van der Waals surface area (Å²) in [6, 6.07) is 0. The molecule has 0 aliphatic heterocycles. The molecule has 0 atom stereocenters. The number of rotatable bonds is 5. The molecule has 4 heteroatoms. The first-order chi connectivity index (χ1) is 6.31. The van der Waals surface area contributed by atoms with Gasteiger partial charge >= 0.3 is 5.97 Å². The second-order valence-electron chi connectivity index (χ2n) is 3.93. The third kappa shape index (κ3) is 3.60. The maximum atomic E-state index is 11.5. The Balaban J connectivity index is 4.31. The third-order valence-corrected chi connectivity index (χ3v) is 2.00. The van der Waals surface area contributed by atoms with E-state index < -0.39 is 11.4 Å². The summed E-state index contributed by atoms with van der Waals surface area (Å²) >= 11 is 0. The van der Waals surface area contributed by atoms with E-state index in [4.69, 9.17) is 5.11 Å². The number of carboxylic acid groups (broad SMARTS) is 1. The minimum Gasteiger partial charge on any atom is -0.481 e. The zero-order valence-corrected chi connectivity index (χ0v) is 8.91. The fraction of sp³-hybridized carbons (Fsp3) is 0.600. The third-order valence-electron chi connectivity index (χ3n) is 2.00. The lowest BCUT2D eigenvalue weighted by atomic mass is 9.89. The molecule has 0 aliphatic carbocycles. The summed E-state index contributed by atoms with van der Waals surface area (Å²) in [6.07, 6.45) is 1.61. The molecule has 4 nitrogen and oxygen atoms in total. The van der Waals surface area contributed by atoms with Gasteiger partial charge in [0.15, 0.2) is 0 Å². The Bertz CT molecular complexity index is 246. The minimum atomic E-state index is -1.01. The van der Waals surface area contributed by atoms with Gasteiger partial charge in [-0.1, -0.05) is 6.08 Å². The van der Waals surface area contributed by atoms with Crippen LogP contribution in [0.5, 0.6) is 0 Å². The average Bonchev–Trinajstić information content (AvgIpc) is 2.03. The van der Waals surface area contributed by atoms with Crippen molar-refractivity contribution in [2.24, 2.45) is 5.41 Å². The molecule has 0 aromatic heterocycles. The zero-order valence-electron chi connectivity index (χ0n) is 8.91. The van der Waals surface area contributed by atoms with Crippen LogP contribution in [0.1, 0.15) is 20.3 Å². The number of carbonyl (C=O) groups is 2. The van der Waals surface area contributed by atoms with Crippen molar-refractivity contribution in [3.05, 3.63) is 12.7 Å². The van der Waals surface area contributed by atoms with E-state index in [1.807, 2.05) is 0 Å². The minimum absolute atomic E-state index is 0.00662. The van der Waals surface area contributed by atoms with E-state index in [-0.39, 0.29) is 12.3 Å². The summed E-state index contributed by atoms with van der Waals surface area (Å²) in [6.45, 7) is 7.02. The van der Waals surface area contributed by atoms with E-state index in [2.05, 4.69) is 6.58 Å². The Morgan fingerprint density at radius 3 is 2.36 bits per heavy atom. The molecule has 0 fully saturated rings. The molecular weight excluding hydrogens is 182 g/mol. The molecular formula is C10H17NO3. The zero-order chi connectivity index (χ0) is 11.4. The summed E-state index contributed by atoms with van der Waals surface area (Å²) in [5.41, 5.74) is -1.01. The van der Waals surface area contributed by atoms with Gasteiger partial charge in [-0.25, -0.2) is 0 Å². The smallest absolute Gasteiger partial charge is 0.309 e. The molecule has 0 unspecified atom stereocenters. The first kappa shape index (κ1) is 12.7. The molecule has 0 saturated heterocycles. The van der Waals surface area contributed by atoms with Crippen LogP contribution in [0.25, 0.3) is 0 Å². The lowest BCUT2D eigenvalue weighted by Gasteiger charge is -2.22. The topological polar surface area (TPSA) is 57.6 Å². The number of amides is 1. The van der Waals surface area contributed by atoms with E-state index in [9.17, 15) is 9.59 Å². The summed E-state index contributed by atoms with van der Waals surface area (Å²) < 4.78 is 0. The fourth-order valence-corrected chi connectivity index (χ4v) is 0.884. The molecule has 0 bridgehead atoms. The Morgan fingerprint density at radius 2 is 2.00 bits per heavy atom. The first-order valence-corrected chi connectivity index (χ1v) is 4.39. The van der Waals surface area contributed by atoms with Crippen molar-refractivity contribution in [2.45, 2.75) is 20.3 Å². The van der Waals surface area contributed by atoms with Crippen molar-refractivity contribution in [3.8, 4) is 0 Å². The summed E-state index contributed by atoms with van der Waals surface area (Å²) in [5.74, 6) is -1.14. The molecule has 0 aromatic carbocycles. The molecule has 0 saturated carbocycles. The maximum Gasteiger partial charge on any atom is 0.309 e. The van der Waals surface area contributed by atoms with E-state index in [0.29, 0.717) is 6.54 Å². The van der Waals surface area contributed by atoms with E-state index >= 15 is 0 Å². The van der Waals surface area contributed by atoms with Gasteiger partial charge in [-0.05, 0) is 13.8 Å². The summed E-state index contributed by atoms with van der Waals surface area (Å²) in [4.78, 5) is 23.7. The standard InChI is InChI=1S/C10H17NO3/c1-5-6-11(4)8(12)7-10(2,3)9(13)14/h5H,1,6-7H2,2-4H3,(H,13,14). The van der Waals surface area contributed by atoms with Crippen molar-refractivity contribution < 1.29 is 14.7 Å². The number of carboxylic acids is 1. The second-order valence-corrected chi connectivity index (χ2v) is 3.93. The molecule has 0 radical (unpaired) electrons. The number of likely N-dealkylation sites (N-methyl/N-ethyl adjacent to an activating group) is 1. The van der Waals surface area contributed by atoms with Crippen LogP contribution in [0.4, 0.5) is 0 Å². The number of nitrogens with zero attached hydrogens (tertiary/aromatic N) is 1. The molecule has 0 spiro atoms. The molecule has 0 rings (SSSR count). The molecule has 80 valence electrons. The van der Waals surface area contributed by atoms with Crippen LogP contribution in [0, 0.1) is 5.41 Å². The van der Waals surface area contributed by atoms with Gasteiger partial charge in [0.05, 0.1) is 5.41 Å². The maximum absolute atomic E-state index is 11.5. The summed E-state index contributed by atoms with van der Waals surface area (Å²) in [5, 5.41) is 8.81. The second kappa shape index (κ2) is 4.79. The van der Waals surface area contributed by atoms with Crippen molar-refractivity contribution in [3.63, 3.8) is 0 Å². The van der Waals surface area contributed by atoms with Crippen molar-refractivity contribution in [1.29, 1.82) is 0 Å². The molecule has 1 N–H and O–H groups in total. The highest BCUT2D eigenvalue weighted by Gasteiger charge is 2.30. The van der Waals surface area contributed by atoms with Crippen LogP contribution in [0.15, 0.2) is 12.7 Å². The Kier molecular flexibility index (Phi) is 4.34. The van der Waals surface area contributed by atoms with Crippen LogP contribution in [0.2, 0.25) is 0 Å². The number of hydrogen-bond donors (Lipinski definition) is 1. The van der Waals surface area contributed by atoms with Crippen molar-refractivity contribution in [1.82, 2.24) is 4.90 Å². The highest BCUT2D eigenvalue weighted by atomic mass is 16.4. The quantitative estimate of drug-likeness (QED) is 0.675. The SMILES string of the molecule is C=CCN(C)C(=O)CC(C)(C)C(=O)O. The lowest BCUT2D eigenvalue weighted by Crippen LogP contribution is -2.34. The number of carbonyl (C=O) groups excluding carboxylic acids is 1. The van der Waals surface area contributed by atoms with Gasteiger partial charge in [0.1, 0.15) is 0 Å². The Morgan fingerprint density at radius 1 is 1.50 bits per heavy atom. The van der Waals surface area contributed by atoms with Crippen molar-refractivity contribution >= 4 is 11.9 Å². The van der Waals surface area contributed by atoms with Crippen LogP contribution in [0.3, 0.4) is 0 Å². The van der Waals surface area contributed by atoms with Crippen LogP contribution < -0.4 is 0 Å². The Labute approximate surface area is 84.2 Å². The molecule has 0 aliphatic rings. The molecule has 0 heterocycles. The van der Waals surface area contributed by atoms with Gasteiger partial charge in [-0.15, -0.1) is 6.58 Å². The molecule has 0 aromatic rings. The molecule has 1 amide bonds.